The first-order valence-corrected chi connectivity index (χ1v) is 13.8. The summed E-state index contributed by atoms with van der Waals surface area (Å²) >= 11 is 6.10. The summed E-state index contributed by atoms with van der Waals surface area (Å²) < 4.78 is 1.91. The molecule has 0 unspecified atom stereocenters. The molecule has 2 amide bonds. The van der Waals surface area contributed by atoms with Crippen molar-refractivity contribution in [3.63, 3.8) is 0 Å². The van der Waals surface area contributed by atoms with Gasteiger partial charge in [0.2, 0.25) is 0 Å². The lowest BCUT2D eigenvalue weighted by molar-refractivity contribution is 0.215. The predicted octanol–water partition coefficient (Wildman–Crippen LogP) is 6.11. The molecule has 9 heteroatoms. The van der Waals surface area contributed by atoms with Crippen molar-refractivity contribution in [1.29, 1.82) is 0 Å². The van der Waals surface area contributed by atoms with Gasteiger partial charge in [-0.25, -0.2) is 19.4 Å². The van der Waals surface area contributed by atoms with Gasteiger partial charge >= 0.3 is 6.03 Å². The fourth-order valence-electron chi connectivity index (χ4n) is 5.14. The minimum absolute atomic E-state index is 0.130. The van der Waals surface area contributed by atoms with Crippen molar-refractivity contribution in [3.05, 3.63) is 107 Å². The third-order valence-corrected chi connectivity index (χ3v) is 7.33. The molecule has 3 heterocycles. The van der Waals surface area contributed by atoms with Crippen molar-refractivity contribution in [2.45, 2.75) is 19.8 Å². The predicted molar refractivity (Wildman–Crippen MR) is 160 cm³/mol. The van der Waals surface area contributed by atoms with Crippen LogP contribution in [-0.4, -0.2) is 56.9 Å². The number of benzene rings is 3. The van der Waals surface area contributed by atoms with Crippen LogP contribution >= 0.6 is 11.6 Å². The van der Waals surface area contributed by atoms with Gasteiger partial charge in [0.1, 0.15) is 11.6 Å². The number of fused-ring (bicyclic) bond motifs is 1. The highest BCUT2D eigenvalue weighted by molar-refractivity contribution is 6.30. The average Bonchev–Trinajstić information content (AvgIpc) is 3.13. The molecule has 0 bridgehead atoms. The van der Waals surface area contributed by atoms with Gasteiger partial charge in [-0.1, -0.05) is 66.2 Å². The highest BCUT2D eigenvalue weighted by atomic mass is 35.5. The monoisotopic (exact) mass is 551 g/mol. The summed E-state index contributed by atoms with van der Waals surface area (Å²) in [6.07, 6.45) is 1.43. The molecule has 3 aromatic carbocycles. The van der Waals surface area contributed by atoms with Crippen LogP contribution in [0.1, 0.15) is 23.5 Å². The number of rotatable bonds is 5. The number of aryl methyl sites for hydroxylation is 1. The molecule has 0 radical (unpaired) electrons. The molecule has 0 saturated carbocycles. The lowest BCUT2D eigenvalue weighted by Crippen LogP contribution is -2.38. The summed E-state index contributed by atoms with van der Waals surface area (Å²) in [6.45, 7) is 4.64. The fourth-order valence-corrected chi connectivity index (χ4v) is 5.33. The molecule has 1 fully saturated rings. The lowest BCUT2D eigenvalue weighted by atomic mass is 10.1. The maximum Gasteiger partial charge on any atom is 0.321 e. The molecular formula is C31H30ClN7O. The highest BCUT2D eigenvalue weighted by Gasteiger charge is 2.25. The van der Waals surface area contributed by atoms with E-state index in [4.69, 9.17) is 26.7 Å². The number of nitrogens with one attached hydrogen (secondary N) is 1. The lowest BCUT2D eigenvalue weighted by Gasteiger charge is -2.24. The van der Waals surface area contributed by atoms with E-state index in [1.807, 2.05) is 77.2 Å². The quantitative estimate of drug-likeness (QED) is 0.285. The maximum atomic E-state index is 13.1. The summed E-state index contributed by atoms with van der Waals surface area (Å²) in [7, 11) is 0. The highest BCUT2D eigenvalue weighted by Crippen LogP contribution is 2.30. The van der Waals surface area contributed by atoms with Crippen LogP contribution in [0, 0.1) is 6.92 Å². The number of urea groups is 1. The zero-order chi connectivity index (χ0) is 27.5. The van der Waals surface area contributed by atoms with Crippen LogP contribution in [0.4, 0.5) is 16.3 Å². The summed E-state index contributed by atoms with van der Waals surface area (Å²) in [5, 5.41) is 9.39. The van der Waals surface area contributed by atoms with E-state index in [9.17, 15) is 4.79 Å². The van der Waals surface area contributed by atoms with Gasteiger partial charge in [-0.15, -0.1) is 0 Å². The first kappa shape index (κ1) is 25.8. The Hall–Kier alpha value is -4.43. The number of amides is 2. The van der Waals surface area contributed by atoms with E-state index in [1.165, 1.54) is 0 Å². The topological polar surface area (TPSA) is 79.2 Å². The Morgan fingerprint density at radius 1 is 0.900 bits per heavy atom. The molecule has 6 rings (SSSR count). The fraction of sp³-hybridized carbons (Fsp3) is 0.226. The van der Waals surface area contributed by atoms with Crippen LogP contribution in [0.2, 0.25) is 5.02 Å². The molecule has 1 saturated heterocycles. The van der Waals surface area contributed by atoms with Gasteiger partial charge in [0, 0.05) is 43.3 Å². The summed E-state index contributed by atoms with van der Waals surface area (Å²) in [5.41, 5.74) is 4.45. The largest absolute Gasteiger partial charge is 0.354 e. The van der Waals surface area contributed by atoms with Crippen molar-refractivity contribution < 1.29 is 4.79 Å². The van der Waals surface area contributed by atoms with Gasteiger partial charge in [-0.05, 0) is 49.2 Å². The van der Waals surface area contributed by atoms with Gasteiger partial charge in [0.25, 0.3) is 0 Å². The SMILES string of the molecule is Cc1nn(-c2ccccc2)c2nc(Cc3ccccc3)nc(N3CCCN(C(=O)Nc4cccc(Cl)c4)CC3)c12. The van der Waals surface area contributed by atoms with Crippen LogP contribution in [0.3, 0.4) is 0 Å². The van der Waals surface area contributed by atoms with Crippen molar-refractivity contribution in [1.82, 2.24) is 24.6 Å². The Bertz CT molecular complexity index is 1640. The van der Waals surface area contributed by atoms with Gasteiger partial charge in [0.15, 0.2) is 5.65 Å². The Morgan fingerprint density at radius 2 is 1.68 bits per heavy atom. The Kier molecular flexibility index (Phi) is 7.33. The van der Waals surface area contributed by atoms with E-state index >= 15 is 0 Å². The second-order valence-corrected chi connectivity index (χ2v) is 10.4. The minimum Gasteiger partial charge on any atom is -0.354 e. The number of halogens is 1. The van der Waals surface area contributed by atoms with Gasteiger partial charge in [-0.3, -0.25) is 0 Å². The number of aromatic nitrogens is 4. The molecule has 8 nitrogen and oxygen atoms in total. The molecule has 0 atom stereocenters. The number of carbonyl (C=O) groups is 1. The molecule has 202 valence electrons. The standard InChI is InChI=1S/C31H30ClN7O/c1-22-28-29(37-16-9-17-38(19-18-37)31(40)33-25-13-8-12-24(32)21-25)34-27(20-23-10-4-2-5-11-23)35-30(28)39(36-22)26-14-6-3-7-15-26/h2-8,10-15,21H,9,16-20H2,1H3,(H,33,40). The Balaban J connectivity index is 1.33. The zero-order valence-corrected chi connectivity index (χ0v) is 23.1. The normalized spacial score (nSPS) is 13.8. The number of hydrogen-bond donors (Lipinski definition) is 1. The molecular weight excluding hydrogens is 522 g/mol. The summed E-state index contributed by atoms with van der Waals surface area (Å²) in [4.78, 5) is 27.3. The molecule has 2 aromatic heterocycles. The van der Waals surface area contributed by atoms with Crippen LogP contribution in [-0.2, 0) is 6.42 Å². The van der Waals surface area contributed by atoms with Crippen molar-refractivity contribution in [2.24, 2.45) is 0 Å². The minimum atomic E-state index is -0.130. The molecule has 1 aliphatic heterocycles. The van der Waals surface area contributed by atoms with E-state index in [0.29, 0.717) is 36.8 Å². The van der Waals surface area contributed by atoms with Crippen molar-refractivity contribution in [3.8, 4) is 5.69 Å². The van der Waals surface area contributed by atoms with E-state index in [0.717, 1.165) is 52.6 Å². The van der Waals surface area contributed by atoms with E-state index in [-0.39, 0.29) is 6.03 Å². The summed E-state index contributed by atoms with van der Waals surface area (Å²) in [6, 6.07) is 27.4. The molecule has 1 aliphatic rings. The van der Waals surface area contributed by atoms with E-state index in [1.54, 1.807) is 12.1 Å². The maximum absolute atomic E-state index is 13.1. The van der Waals surface area contributed by atoms with Crippen molar-refractivity contribution >= 4 is 40.2 Å². The second kappa shape index (κ2) is 11.4. The van der Waals surface area contributed by atoms with Gasteiger partial charge < -0.3 is 15.1 Å². The number of anilines is 2. The molecule has 5 aromatic rings. The molecule has 40 heavy (non-hydrogen) atoms. The third kappa shape index (κ3) is 5.49. The molecule has 0 aliphatic carbocycles. The van der Waals surface area contributed by atoms with Crippen LogP contribution in [0.15, 0.2) is 84.9 Å². The molecule has 1 N–H and O–H groups in total. The van der Waals surface area contributed by atoms with E-state index < -0.39 is 0 Å². The first-order chi connectivity index (χ1) is 19.5. The van der Waals surface area contributed by atoms with Crippen LogP contribution in [0.5, 0.6) is 0 Å². The number of para-hydroxylation sites is 1. The van der Waals surface area contributed by atoms with Gasteiger partial charge in [-0.2, -0.15) is 5.10 Å². The van der Waals surface area contributed by atoms with Crippen molar-refractivity contribution in [2.75, 3.05) is 36.4 Å². The summed E-state index contributed by atoms with van der Waals surface area (Å²) in [5.74, 6) is 1.61. The zero-order valence-electron chi connectivity index (χ0n) is 22.3. The second-order valence-electron chi connectivity index (χ2n) is 9.93. The smallest absolute Gasteiger partial charge is 0.321 e. The van der Waals surface area contributed by atoms with Gasteiger partial charge in [0.05, 0.1) is 16.8 Å². The molecule has 0 spiro atoms. The first-order valence-electron chi connectivity index (χ1n) is 13.5. The number of nitrogens with zero attached hydrogens (tertiary/aromatic N) is 6. The number of carbonyl (C=O) groups excluding carboxylic acids is 1. The Labute approximate surface area is 238 Å². The van der Waals surface area contributed by atoms with E-state index in [2.05, 4.69) is 22.3 Å². The van der Waals surface area contributed by atoms with Crippen LogP contribution < -0.4 is 10.2 Å². The Morgan fingerprint density at radius 3 is 2.45 bits per heavy atom. The third-order valence-electron chi connectivity index (χ3n) is 7.09. The average molecular weight is 552 g/mol. The number of hydrogen-bond acceptors (Lipinski definition) is 5. The van der Waals surface area contributed by atoms with Crippen LogP contribution in [0.25, 0.3) is 16.7 Å².